The number of nitrogens with zero attached hydrogens (tertiary/aromatic N) is 3. The smallest absolute Gasteiger partial charge is 0.0595 e. The third kappa shape index (κ3) is 30.2. The monoisotopic (exact) mass is 2260 g/mol. The predicted octanol–water partition coefficient (Wildman–Crippen LogP) is 41.8. The van der Waals surface area contributed by atoms with Crippen LogP contribution in [0.15, 0.2) is 312 Å². The highest BCUT2D eigenvalue weighted by molar-refractivity contribution is 6.45. The second-order valence-corrected chi connectivity index (χ2v) is 41.9. The van der Waals surface area contributed by atoms with Crippen LogP contribution in [0.5, 0.6) is 0 Å². The van der Waals surface area contributed by atoms with Gasteiger partial charge in [-0.05, 0) is 320 Å². The molecule has 14 aromatic rings. The number of hydrogen-bond donors (Lipinski definition) is 4. The Balaban J connectivity index is 0.000000232. The van der Waals surface area contributed by atoms with Gasteiger partial charge in [-0.2, -0.15) is 0 Å². The van der Waals surface area contributed by atoms with Crippen molar-refractivity contribution >= 4 is 180 Å². The molecule has 0 aliphatic heterocycles. The van der Waals surface area contributed by atoms with E-state index in [-0.39, 0.29) is 59.4 Å². The average molecular weight is 2270 g/mol. The summed E-state index contributed by atoms with van der Waals surface area (Å²) in [4.78, 5) is 13.3. The van der Waals surface area contributed by atoms with Crippen LogP contribution in [-0.2, 0) is 0 Å². The summed E-state index contributed by atoms with van der Waals surface area (Å²) >= 11 is 85.3. The standard InChI is InChI=1S/4C17H17Cl2N.3C17H15Cl2N.8CH4/c7*1-20-17-9-7-12(13-4-2-3-5-14(13)17)11-6-8-15(18)16(19)10-11;;;;;;;;/h4*2-6,8,10,12,17,20H,7,9H2,1H3;3*2-6,8,10,12H,7,9H2,1H3;8*1H4/t4*12-,17?;2*12-;;;;;;;;;/m110010........./s1. The van der Waals surface area contributed by atoms with E-state index in [1.807, 2.05) is 134 Å². The van der Waals surface area contributed by atoms with Gasteiger partial charge in [-0.15, -0.1) is 0 Å². The van der Waals surface area contributed by atoms with Crippen molar-refractivity contribution in [2.45, 2.75) is 215 Å². The Morgan fingerprint density at radius 2 is 0.324 bits per heavy atom. The van der Waals surface area contributed by atoms with Crippen LogP contribution in [0.4, 0.5) is 0 Å². The summed E-state index contributed by atoms with van der Waals surface area (Å²) in [7, 11) is 13.7. The van der Waals surface area contributed by atoms with Crippen molar-refractivity contribution in [3.05, 3.63) is 484 Å². The fraction of sp³-hybridized carbons (Fsp3) is 0.315. The summed E-state index contributed by atoms with van der Waals surface area (Å²) in [6.45, 7) is 0. The molecule has 0 radical (unpaired) electrons. The van der Waals surface area contributed by atoms with Gasteiger partial charge in [0.25, 0.3) is 0 Å². The lowest BCUT2D eigenvalue weighted by atomic mass is 9.77. The first-order chi connectivity index (χ1) is 67.9. The first kappa shape index (κ1) is 127. The fourth-order valence-electron chi connectivity index (χ4n) is 21.5. The van der Waals surface area contributed by atoms with E-state index in [0.29, 0.717) is 136 Å². The molecule has 11 atom stereocenters. The van der Waals surface area contributed by atoms with Gasteiger partial charge >= 0.3 is 0 Å². The SMILES string of the molecule is C.C.C.C.C.C.C.C.CN=C1CCC(c2ccc(Cl)c(Cl)c2)c2ccccc21.CN=C1CC[C@@H](c2ccc(Cl)c(Cl)c2)c2ccccc21.CN=C1CC[C@H](c2ccc(Cl)c(Cl)c2)c2ccccc21.CNC1CC[C@@H](c2ccc(Cl)c(Cl)c2)c2ccccc21.CNC1CC[C@@H](c2ccc(Cl)c(Cl)c2)c2ccccc21.CNC1CC[C@H](c2ccc(Cl)c(Cl)c2)c2ccccc21.CNC1CC[C@H](c2ccc(Cl)c(Cl)c2)c2ccccc21. The van der Waals surface area contributed by atoms with Crippen LogP contribution in [0.25, 0.3) is 0 Å². The number of rotatable bonds is 11. The Morgan fingerprint density at radius 3 is 0.480 bits per heavy atom. The normalized spacial score (nSPS) is 19.7. The van der Waals surface area contributed by atoms with E-state index in [2.05, 4.69) is 249 Å². The molecule has 5 unspecified atom stereocenters. The van der Waals surface area contributed by atoms with Crippen LogP contribution in [0.2, 0.25) is 70.3 Å². The molecule has 21 heteroatoms. The minimum Gasteiger partial charge on any atom is -0.313 e. The summed E-state index contributed by atoms with van der Waals surface area (Å²) in [5, 5.41) is 22.3. The molecule has 148 heavy (non-hydrogen) atoms. The zero-order valence-electron chi connectivity index (χ0n) is 79.2. The minimum absolute atomic E-state index is 0. The molecule has 0 bridgehead atoms. The van der Waals surface area contributed by atoms with Crippen molar-refractivity contribution < 1.29 is 0 Å². The Bertz CT molecular complexity index is 6050. The number of nitrogens with one attached hydrogen (secondary N) is 4. The zero-order chi connectivity index (χ0) is 98.8. The molecule has 786 valence electrons. The Kier molecular flexibility index (Phi) is 51.9. The fourth-order valence-corrected chi connectivity index (χ4v) is 23.6. The maximum Gasteiger partial charge on any atom is 0.0595 e. The zero-order valence-corrected chi connectivity index (χ0v) is 89.8. The van der Waals surface area contributed by atoms with E-state index in [4.69, 9.17) is 162 Å². The molecule has 21 rings (SSSR count). The van der Waals surface area contributed by atoms with E-state index in [1.165, 1.54) is 134 Å². The summed E-state index contributed by atoms with van der Waals surface area (Å²) in [6.07, 6.45) is 15.2. The van der Waals surface area contributed by atoms with Gasteiger partial charge in [-0.1, -0.05) is 434 Å². The van der Waals surface area contributed by atoms with E-state index in [9.17, 15) is 0 Å². The topological polar surface area (TPSA) is 85.2 Å². The third-order valence-corrected chi connectivity index (χ3v) is 33.7. The van der Waals surface area contributed by atoms with Crippen LogP contribution in [0.1, 0.15) is 332 Å². The lowest BCUT2D eigenvalue weighted by molar-refractivity contribution is 0.471. The highest BCUT2D eigenvalue weighted by Crippen LogP contribution is 2.50. The van der Waals surface area contributed by atoms with Gasteiger partial charge in [0.2, 0.25) is 0 Å². The van der Waals surface area contributed by atoms with Crippen LogP contribution >= 0.6 is 162 Å². The van der Waals surface area contributed by atoms with Crippen LogP contribution < -0.4 is 21.3 Å². The molecule has 4 N–H and O–H groups in total. The lowest BCUT2D eigenvalue weighted by Crippen LogP contribution is -2.24. The van der Waals surface area contributed by atoms with E-state index < -0.39 is 0 Å². The van der Waals surface area contributed by atoms with Crippen molar-refractivity contribution in [1.29, 1.82) is 0 Å². The molecule has 0 aromatic heterocycles. The van der Waals surface area contributed by atoms with Crippen LogP contribution in [0, 0.1) is 0 Å². The molecule has 0 fully saturated rings. The lowest BCUT2D eigenvalue weighted by Gasteiger charge is -2.32. The van der Waals surface area contributed by atoms with Crippen molar-refractivity contribution in [2.75, 3.05) is 49.3 Å². The number of aliphatic imine (C=N–C) groups is 3. The van der Waals surface area contributed by atoms with E-state index in [0.717, 1.165) is 89.9 Å². The number of hydrogen-bond acceptors (Lipinski definition) is 7. The number of fused-ring (bicyclic) bond motifs is 7. The van der Waals surface area contributed by atoms with Crippen molar-refractivity contribution in [3.63, 3.8) is 0 Å². The molecule has 0 heterocycles. The largest absolute Gasteiger partial charge is 0.313 e. The quantitative estimate of drug-likeness (QED) is 0.104. The second-order valence-electron chi connectivity index (χ2n) is 36.2. The first-order valence-corrected chi connectivity index (χ1v) is 53.1. The first-order valence-electron chi connectivity index (χ1n) is 47.8. The van der Waals surface area contributed by atoms with Gasteiger partial charge in [-0.25, -0.2) is 0 Å². The molecule has 0 spiro atoms. The second kappa shape index (κ2) is 60.6. The van der Waals surface area contributed by atoms with Crippen LogP contribution in [-0.4, -0.2) is 66.5 Å². The average Bonchev–Trinajstić information content (AvgIpc) is 0.812. The van der Waals surface area contributed by atoms with Crippen molar-refractivity contribution in [2.24, 2.45) is 15.0 Å². The van der Waals surface area contributed by atoms with Gasteiger partial charge in [0.1, 0.15) is 0 Å². The van der Waals surface area contributed by atoms with Gasteiger partial charge < -0.3 is 21.3 Å². The van der Waals surface area contributed by atoms with Gasteiger partial charge in [0, 0.05) is 104 Å². The maximum atomic E-state index is 6.17. The highest BCUT2D eigenvalue weighted by Gasteiger charge is 2.35. The van der Waals surface area contributed by atoms with Gasteiger partial charge in [-0.3, -0.25) is 15.0 Å². The summed E-state index contributed by atoms with van der Waals surface area (Å²) in [6, 6.07) is 104. The van der Waals surface area contributed by atoms with E-state index >= 15 is 0 Å². The van der Waals surface area contributed by atoms with Crippen molar-refractivity contribution in [1.82, 2.24) is 21.3 Å². The Morgan fingerprint density at radius 1 is 0.176 bits per heavy atom. The van der Waals surface area contributed by atoms with Crippen LogP contribution in [0.3, 0.4) is 0 Å². The Hall–Kier alpha value is -8.01. The molecule has 0 saturated heterocycles. The molecule has 14 aromatic carbocycles. The summed E-state index contributed by atoms with van der Waals surface area (Å²) in [5.74, 6) is 2.73. The molecule has 0 saturated carbocycles. The summed E-state index contributed by atoms with van der Waals surface area (Å²) < 4.78 is 0. The predicted molar refractivity (Wildman–Crippen MR) is 656 cm³/mol. The van der Waals surface area contributed by atoms with Gasteiger partial charge in [0.05, 0.1) is 70.3 Å². The third-order valence-electron chi connectivity index (χ3n) is 28.5. The summed E-state index contributed by atoms with van der Waals surface area (Å²) in [5.41, 5.74) is 31.2. The Labute approximate surface area is 955 Å². The number of benzene rings is 14. The molecule has 7 aliphatic rings. The molecule has 7 aliphatic carbocycles. The van der Waals surface area contributed by atoms with Gasteiger partial charge in [0.15, 0.2) is 0 Å². The molecule has 0 amide bonds. The number of halogens is 14. The molecule has 7 nitrogen and oxygen atoms in total. The maximum absolute atomic E-state index is 6.17. The molecular formula is C127H145Cl14N7. The minimum atomic E-state index is 0. The molecular weight excluding hydrogens is 2120 g/mol. The van der Waals surface area contributed by atoms with Crippen molar-refractivity contribution in [3.8, 4) is 0 Å². The highest BCUT2D eigenvalue weighted by atomic mass is 35.5. The van der Waals surface area contributed by atoms with E-state index in [1.54, 1.807) is 0 Å².